The van der Waals surface area contributed by atoms with Gasteiger partial charge in [0.15, 0.2) is 0 Å². The molecule has 0 fully saturated rings. The molecule has 0 spiro atoms. The Morgan fingerprint density at radius 3 is 2.24 bits per heavy atom. The molecule has 0 N–H and O–H groups in total. The van der Waals surface area contributed by atoms with E-state index in [2.05, 4.69) is 0 Å². The standard InChI is InChI=1S/C22H29NO5S/c1-5-26-21(22(24)23(2)25-3)16-18-8-10-19(11-9-18)27-15-14-17-6-12-20(13-7-17)28-29-4/h6-13,21H,5,14-16H2,1-4H3/t21-/m0/s1. The molecule has 2 aromatic rings. The summed E-state index contributed by atoms with van der Waals surface area (Å²) in [6.45, 7) is 2.91. The average molecular weight is 420 g/mol. The molecule has 1 atom stereocenters. The van der Waals surface area contributed by atoms with E-state index in [-0.39, 0.29) is 5.91 Å². The quantitative estimate of drug-likeness (QED) is 0.384. The number of hydrogen-bond acceptors (Lipinski definition) is 6. The maximum Gasteiger partial charge on any atom is 0.275 e. The number of benzene rings is 2. The zero-order valence-electron chi connectivity index (χ0n) is 17.4. The Kier molecular flexibility index (Phi) is 9.83. The highest BCUT2D eigenvalue weighted by molar-refractivity contribution is 7.94. The Hall–Kier alpha value is -2.22. The molecule has 0 unspecified atom stereocenters. The molecule has 158 valence electrons. The van der Waals surface area contributed by atoms with Crippen molar-refractivity contribution < 1.29 is 23.3 Å². The van der Waals surface area contributed by atoms with E-state index in [9.17, 15) is 4.79 Å². The number of amides is 1. The van der Waals surface area contributed by atoms with Crippen LogP contribution in [0.15, 0.2) is 48.5 Å². The molecule has 0 bridgehead atoms. The highest BCUT2D eigenvalue weighted by Crippen LogP contribution is 2.18. The number of hydrogen-bond donors (Lipinski definition) is 0. The van der Waals surface area contributed by atoms with E-state index in [0.717, 1.165) is 23.5 Å². The Balaban J connectivity index is 1.84. The Labute approximate surface area is 177 Å². The van der Waals surface area contributed by atoms with Gasteiger partial charge in [-0.25, -0.2) is 5.06 Å². The van der Waals surface area contributed by atoms with Crippen LogP contribution in [0.5, 0.6) is 11.5 Å². The smallest absolute Gasteiger partial charge is 0.275 e. The topological polar surface area (TPSA) is 57.2 Å². The normalized spacial score (nSPS) is 11.7. The Morgan fingerprint density at radius 1 is 1.03 bits per heavy atom. The van der Waals surface area contributed by atoms with Crippen LogP contribution in [0.1, 0.15) is 18.1 Å². The van der Waals surface area contributed by atoms with Crippen LogP contribution in [0, 0.1) is 0 Å². The van der Waals surface area contributed by atoms with Gasteiger partial charge in [0, 0.05) is 32.8 Å². The Morgan fingerprint density at radius 2 is 1.66 bits per heavy atom. The first-order chi connectivity index (χ1) is 14.1. The van der Waals surface area contributed by atoms with Gasteiger partial charge in [-0.3, -0.25) is 9.63 Å². The van der Waals surface area contributed by atoms with Crippen molar-refractivity contribution in [2.75, 3.05) is 33.6 Å². The van der Waals surface area contributed by atoms with Crippen molar-refractivity contribution in [1.29, 1.82) is 0 Å². The molecule has 6 nitrogen and oxygen atoms in total. The molecule has 2 aromatic carbocycles. The monoisotopic (exact) mass is 419 g/mol. The van der Waals surface area contributed by atoms with Gasteiger partial charge in [0.25, 0.3) is 5.91 Å². The fourth-order valence-corrected chi connectivity index (χ4v) is 3.05. The van der Waals surface area contributed by atoms with E-state index in [1.165, 1.54) is 29.8 Å². The van der Waals surface area contributed by atoms with Crippen LogP contribution in [0.2, 0.25) is 0 Å². The lowest BCUT2D eigenvalue weighted by Gasteiger charge is -2.21. The number of nitrogens with zero attached hydrogens (tertiary/aromatic N) is 1. The van der Waals surface area contributed by atoms with Crippen LogP contribution in [0.4, 0.5) is 0 Å². The molecule has 0 aliphatic heterocycles. The minimum absolute atomic E-state index is 0.205. The second-order valence-corrected chi connectivity index (χ2v) is 6.80. The summed E-state index contributed by atoms with van der Waals surface area (Å²) < 4.78 is 16.8. The maximum atomic E-state index is 12.3. The van der Waals surface area contributed by atoms with E-state index < -0.39 is 6.10 Å². The van der Waals surface area contributed by atoms with Gasteiger partial charge in [-0.1, -0.05) is 24.3 Å². The second kappa shape index (κ2) is 12.4. The third-order valence-electron chi connectivity index (χ3n) is 4.33. The van der Waals surface area contributed by atoms with E-state index >= 15 is 0 Å². The molecular weight excluding hydrogens is 390 g/mol. The van der Waals surface area contributed by atoms with E-state index in [0.29, 0.717) is 19.6 Å². The molecule has 29 heavy (non-hydrogen) atoms. The number of carbonyl (C=O) groups is 1. The number of hydroxylamine groups is 2. The summed E-state index contributed by atoms with van der Waals surface area (Å²) in [6, 6.07) is 15.7. The average Bonchev–Trinajstić information content (AvgIpc) is 2.75. The predicted octanol–water partition coefficient (Wildman–Crippen LogP) is 3.93. The van der Waals surface area contributed by atoms with Gasteiger partial charge in [0.2, 0.25) is 0 Å². The molecule has 2 rings (SSSR count). The predicted molar refractivity (Wildman–Crippen MR) is 115 cm³/mol. The zero-order valence-corrected chi connectivity index (χ0v) is 18.2. The minimum Gasteiger partial charge on any atom is -0.493 e. The van der Waals surface area contributed by atoms with Crippen LogP contribution in [-0.2, 0) is 27.2 Å². The highest BCUT2D eigenvalue weighted by Gasteiger charge is 2.23. The van der Waals surface area contributed by atoms with Crippen LogP contribution >= 0.6 is 12.0 Å². The first-order valence-electron chi connectivity index (χ1n) is 9.52. The SMILES string of the molecule is CCO[C@@H](Cc1ccc(OCCc2ccc(OSC)cc2)cc1)C(=O)N(C)OC. The van der Waals surface area contributed by atoms with Gasteiger partial charge < -0.3 is 13.7 Å². The molecule has 1 amide bonds. The van der Waals surface area contributed by atoms with Crippen LogP contribution < -0.4 is 8.92 Å². The van der Waals surface area contributed by atoms with Gasteiger partial charge in [-0.2, -0.15) is 0 Å². The van der Waals surface area contributed by atoms with Crippen molar-refractivity contribution in [3.63, 3.8) is 0 Å². The van der Waals surface area contributed by atoms with Gasteiger partial charge in [-0.05, 0) is 42.3 Å². The molecular formula is C22H29NO5S. The molecule has 0 saturated carbocycles. The summed E-state index contributed by atoms with van der Waals surface area (Å²) >= 11 is 1.33. The highest BCUT2D eigenvalue weighted by atomic mass is 32.2. The fraction of sp³-hybridized carbons (Fsp3) is 0.409. The molecule has 0 aliphatic carbocycles. The van der Waals surface area contributed by atoms with Crippen LogP contribution in [0.3, 0.4) is 0 Å². The van der Waals surface area contributed by atoms with Crippen molar-refractivity contribution in [2.45, 2.75) is 25.9 Å². The third kappa shape index (κ3) is 7.61. The molecule has 7 heteroatoms. The number of carbonyl (C=O) groups excluding carboxylic acids is 1. The molecule has 0 aliphatic rings. The first-order valence-corrected chi connectivity index (χ1v) is 10.7. The molecule has 0 heterocycles. The molecule has 0 saturated heterocycles. The van der Waals surface area contributed by atoms with E-state index in [1.807, 2.05) is 61.7 Å². The summed E-state index contributed by atoms with van der Waals surface area (Å²) in [5.41, 5.74) is 2.19. The third-order valence-corrected chi connectivity index (χ3v) is 4.69. The zero-order chi connectivity index (χ0) is 21.1. The number of ether oxygens (including phenoxy) is 2. The Bertz CT molecular complexity index is 736. The van der Waals surface area contributed by atoms with Crippen molar-refractivity contribution in [3.05, 3.63) is 59.7 Å². The van der Waals surface area contributed by atoms with Crippen molar-refractivity contribution in [1.82, 2.24) is 5.06 Å². The second-order valence-electron chi connectivity index (χ2n) is 6.30. The lowest BCUT2D eigenvalue weighted by molar-refractivity contribution is -0.180. The lowest BCUT2D eigenvalue weighted by atomic mass is 10.1. The van der Waals surface area contributed by atoms with Crippen LogP contribution in [-0.4, -0.2) is 50.7 Å². The lowest BCUT2D eigenvalue weighted by Crippen LogP contribution is -2.38. The number of likely N-dealkylation sites (N-methyl/N-ethyl adjacent to an activating group) is 1. The summed E-state index contributed by atoms with van der Waals surface area (Å²) in [7, 11) is 3.04. The first kappa shape index (κ1) is 23.1. The largest absolute Gasteiger partial charge is 0.493 e. The summed E-state index contributed by atoms with van der Waals surface area (Å²) in [4.78, 5) is 17.3. The van der Waals surface area contributed by atoms with Crippen molar-refractivity contribution >= 4 is 17.9 Å². The summed E-state index contributed by atoms with van der Waals surface area (Å²) in [5, 5.41) is 1.19. The van der Waals surface area contributed by atoms with Gasteiger partial charge in [-0.15, -0.1) is 0 Å². The fourth-order valence-electron chi connectivity index (χ4n) is 2.74. The van der Waals surface area contributed by atoms with Crippen molar-refractivity contribution in [2.24, 2.45) is 0 Å². The van der Waals surface area contributed by atoms with Gasteiger partial charge in [0.05, 0.1) is 25.8 Å². The van der Waals surface area contributed by atoms with E-state index in [4.69, 9.17) is 18.5 Å². The van der Waals surface area contributed by atoms with Crippen molar-refractivity contribution in [3.8, 4) is 11.5 Å². The minimum atomic E-state index is -0.574. The van der Waals surface area contributed by atoms with Gasteiger partial charge in [0.1, 0.15) is 17.6 Å². The van der Waals surface area contributed by atoms with Crippen LogP contribution in [0.25, 0.3) is 0 Å². The molecule has 0 radical (unpaired) electrons. The van der Waals surface area contributed by atoms with Gasteiger partial charge >= 0.3 is 0 Å². The number of rotatable bonds is 12. The summed E-state index contributed by atoms with van der Waals surface area (Å²) in [5.74, 6) is 1.44. The van der Waals surface area contributed by atoms with E-state index in [1.54, 1.807) is 7.05 Å². The summed E-state index contributed by atoms with van der Waals surface area (Å²) in [6.07, 6.45) is 2.60. The molecule has 0 aromatic heterocycles. The maximum absolute atomic E-state index is 12.3.